The summed E-state index contributed by atoms with van der Waals surface area (Å²) < 4.78 is 13.5. The molecule has 0 unspecified atom stereocenters. The van der Waals surface area contributed by atoms with E-state index < -0.39 is 0 Å². The van der Waals surface area contributed by atoms with Gasteiger partial charge in [0.05, 0.1) is 0 Å². The molecule has 0 atom stereocenters. The van der Waals surface area contributed by atoms with Gasteiger partial charge in [-0.15, -0.1) is 24.0 Å². The number of halogens is 2. The van der Waals surface area contributed by atoms with E-state index in [4.69, 9.17) is 0 Å². The zero-order valence-electron chi connectivity index (χ0n) is 16.4. The summed E-state index contributed by atoms with van der Waals surface area (Å²) in [5.41, 5.74) is 4.40. The van der Waals surface area contributed by atoms with Crippen molar-refractivity contribution in [3.8, 4) is 0 Å². The first-order chi connectivity index (χ1) is 13.1. The Morgan fingerprint density at radius 1 is 1.14 bits per heavy atom. The Bertz CT molecular complexity index is 935. The van der Waals surface area contributed by atoms with Crippen molar-refractivity contribution in [2.75, 3.05) is 32.6 Å². The summed E-state index contributed by atoms with van der Waals surface area (Å²) in [7, 11) is 5.82. The Morgan fingerprint density at radius 3 is 2.71 bits per heavy atom. The number of benzene rings is 2. The maximum absolute atomic E-state index is 13.5. The maximum atomic E-state index is 13.5. The SMILES string of the molecule is CN=C(NCCc1c[nH]c2ccc(F)cc12)NCc1cccc(N(C)C)c1.I. The number of aromatic amines is 1. The van der Waals surface area contributed by atoms with E-state index in [0.29, 0.717) is 13.1 Å². The first-order valence-electron chi connectivity index (χ1n) is 9.03. The van der Waals surface area contributed by atoms with Gasteiger partial charge < -0.3 is 20.5 Å². The molecule has 0 fully saturated rings. The molecule has 2 aromatic carbocycles. The monoisotopic (exact) mass is 495 g/mol. The largest absolute Gasteiger partial charge is 0.378 e. The number of fused-ring (bicyclic) bond motifs is 1. The smallest absolute Gasteiger partial charge is 0.191 e. The molecule has 28 heavy (non-hydrogen) atoms. The van der Waals surface area contributed by atoms with Crippen LogP contribution in [-0.2, 0) is 13.0 Å². The van der Waals surface area contributed by atoms with Crippen LogP contribution in [0.4, 0.5) is 10.1 Å². The Labute approximate surface area is 182 Å². The zero-order chi connectivity index (χ0) is 19.2. The molecule has 0 aliphatic carbocycles. The number of anilines is 1. The number of hydrogen-bond acceptors (Lipinski definition) is 2. The van der Waals surface area contributed by atoms with E-state index in [1.165, 1.54) is 17.3 Å². The highest BCUT2D eigenvalue weighted by atomic mass is 127. The van der Waals surface area contributed by atoms with E-state index in [1.807, 2.05) is 20.3 Å². The summed E-state index contributed by atoms with van der Waals surface area (Å²) in [5, 5.41) is 7.58. The Morgan fingerprint density at radius 2 is 1.96 bits per heavy atom. The lowest BCUT2D eigenvalue weighted by molar-refractivity contribution is 0.629. The third-order valence-electron chi connectivity index (χ3n) is 4.53. The second kappa shape index (κ2) is 10.3. The number of aromatic nitrogens is 1. The van der Waals surface area contributed by atoms with Gasteiger partial charge in [0.1, 0.15) is 5.82 Å². The average Bonchev–Trinajstić information content (AvgIpc) is 3.06. The van der Waals surface area contributed by atoms with E-state index >= 15 is 0 Å². The molecule has 3 rings (SSSR count). The summed E-state index contributed by atoms with van der Waals surface area (Å²) in [4.78, 5) is 9.54. The second-order valence-electron chi connectivity index (χ2n) is 6.67. The van der Waals surface area contributed by atoms with Crippen LogP contribution in [-0.4, -0.2) is 38.6 Å². The Hall–Kier alpha value is -2.29. The van der Waals surface area contributed by atoms with E-state index in [2.05, 4.69) is 49.8 Å². The lowest BCUT2D eigenvalue weighted by atomic mass is 10.1. The molecule has 1 heterocycles. The molecule has 0 aliphatic rings. The summed E-state index contributed by atoms with van der Waals surface area (Å²) in [6.07, 6.45) is 2.72. The molecule has 3 N–H and O–H groups in total. The van der Waals surface area contributed by atoms with Gasteiger partial charge in [0.25, 0.3) is 0 Å². The molecule has 0 amide bonds. The number of rotatable bonds is 6. The fourth-order valence-corrected chi connectivity index (χ4v) is 3.02. The van der Waals surface area contributed by atoms with Crippen molar-refractivity contribution in [3.63, 3.8) is 0 Å². The summed E-state index contributed by atoms with van der Waals surface area (Å²) in [6, 6.07) is 13.2. The molecule has 0 aliphatic heterocycles. The summed E-state index contributed by atoms with van der Waals surface area (Å²) >= 11 is 0. The number of aliphatic imine (C=N–C) groups is 1. The summed E-state index contributed by atoms with van der Waals surface area (Å²) in [5.74, 6) is 0.532. The van der Waals surface area contributed by atoms with Crippen LogP contribution >= 0.6 is 24.0 Å². The van der Waals surface area contributed by atoms with Crippen LogP contribution in [0.5, 0.6) is 0 Å². The van der Waals surface area contributed by atoms with E-state index in [0.717, 1.165) is 28.8 Å². The molecule has 0 bridgehead atoms. The highest BCUT2D eigenvalue weighted by molar-refractivity contribution is 14.0. The van der Waals surface area contributed by atoms with Gasteiger partial charge in [-0.2, -0.15) is 0 Å². The third-order valence-corrected chi connectivity index (χ3v) is 4.53. The number of nitrogens with one attached hydrogen (secondary N) is 3. The normalized spacial score (nSPS) is 11.2. The fraction of sp³-hybridized carbons (Fsp3) is 0.286. The topological polar surface area (TPSA) is 55.5 Å². The molecule has 5 nitrogen and oxygen atoms in total. The first-order valence-corrected chi connectivity index (χ1v) is 9.03. The molecule has 0 radical (unpaired) electrons. The molecule has 150 valence electrons. The van der Waals surface area contributed by atoms with Crippen molar-refractivity contribution in [2.45, 2.75) is 13.0 Å². The van der Waals surface area contributed by atoms with Crippen LogP contribution in [0.2, 0.25) is 0 Å². The fourth-order valence-electron chi connectivity index (χ4n) is 3.02. The number of hydrogen-bond donors (Lipinski definition) is 3. The molecule has 0 spiro atoms. The quantitative estimate of drug-likeness (QED) is 0.276. The predicted octanol–water partition coefficient (Wildman–Crippen LogP) is 3.90. The van der Waals surface area contributed by atoms with E-state index in [-0.39, 0.29) is 29.8 Å². The van der Waals surface area contributed by atoms with Gasteiger partial charge in [0.2, 0.25) is 0 Å². The molecule has 3 aromatic rings. The lowest BCUT2D eigenvalue weighted by Gasteiger charge is -2.15. The van der Waals surface area contributed by atoms with E-state index in [9.17, 15) is 4.39 Å². The molecule has 0 saturated heterocycles. The van der Waals surface area contributed by atoms with Gasteiger partial charge in [-0.05, 0) is 47.9 Å². The highest BCUT2D eigenvalue weighted by Crippen LogP contribution is 2.19. The van der Waals surface area contributed by atoms with Crippen molar-refractivity contribution in [1.29, 1.82) is 0 Å². The standard InChI is InChI=1S/C21H26FN5.HI/c1-23-21(26-13-15-5-4-6-18(11-15)27(2)3)24-10-9-16-14-25-20-8-7-17(22)12-19(16)20;/h4-8,11-12,14,25H,9-10,13H2,1-3H3,(H2,23,24,26);1H. The van der Waals surface area contributed by atoms with Gasteiger partial charge >= 0.3 is 0 Å². The summed E-state index contributed by atoms with van der Waals surface area (Å²) in [6.45, 7) is 1.40. The molecule has 0 saturated carbocycles. The number of nitrogens with zero attached hydrogens (tertiary/aromatic N) is 2. The number of guanidine groups is 1. The molecule has 7 heteroatoms. The van der Waals surface area contributed by atoms with Crippen LogP contribution in [0.1, 0.15) is 11.1 Å². The second-order valence-corrected chi connectivity index (χ2v) is 6.67. The first kappa shape index (κ1) is 22.0. The van der Waals surface area contributed by atoms with Crippen LogP contribution in [0.25, 0.3) is 10.9 Å². The minimum Gasteiger partial charge on any atom is -0.378 e. The van der Waals surface area contributed by atoms with Gasteiger partial charge in [-0.1, -0.05) is 12.1 Å². The zero-order valence-corrected chi connectivity index (χ0v) is 18.8. The minimum absolute atomic E-state index is 0. The van der Waals surface area contributed by atoms with Crippen molar-refractivity contribution in [1.82, 2.24) is 15.6 Å². The maximum Gasteiger partial charge on any atom is 0.191 e. The van der Waals surface area contributed by atoms with Crippen LogP contribution in [0, 0.1) is 5.82 Å². The Kier molecular flexibility index (Phi) is 8.10. The molecule has 1 aromatic heterocycles. The van der Waals surface area contributed by atoms with Gasteiger partial charge in [-0.25, -0.2) is 4.39 Å². The van der Waals surface area contributed by atoms with Gasteiger partial charge in [-0.3, -0.25) is 4.99 Å². The van der Waals surface area contributed by atoms with Crippen molar-refractivity contribution in [2.24, 2.45) is 4.99 Å². The third kappa shape index (κ3) is 5.60. The number of H-pyrrole nitrogens is 1. The van der Waals surface area contributed by atoms with Crippen LogP contribution < -0.4 is 15.5 Å². The lowest BCUT2D eigenvalue weighted by Crippen LogP contribution is -2.37. The molecular formula is C21H27FIN5. The van der Waals surface area contributed by atoms with E-state index in [1.54, 1.807) is 19.2 Å². The van der Waals surface area contributed by atoms with Gasteiger partial charge in [0, 0.05) is 57.0 Å². The van der Waals surface area contributed by atoms with Crippen molar-refractivity contribution >= 4 is 46.5 Å². The predicted molar refractivity (Wildman–Crippen MR) is 126 cm³/mol. The van der Waals surface area contributed by atoms with Gasteiger partial charge in [0.15, 0.2) is 5.96 Å². The average molecular weight is 495 g/mol. The minimum atomic E-state index is -0.214. The Balaban J connectivity index is 0.00000280. The van der Waals surface area contributed by atoms with Crippen LogP contribution in [0.3, 0.4) is 0 Å². The molecular weight excluding hydrogens is 468 g/mol. The van der Waals surface area contributed by atoms with Crippen LogP contribution in [0.15, 0.2) is 53.7 Å². The van der Waals surface area contributed by atoms with Crippen molar-refractivity contribution in [3.05, 3.63) is 65.6 Å². The van der Waals surface area contributed by atoms with Crippen molar-refractivity contribution < 1.29 is 4.39 Å². The highest BCUT2D eigenvalue weighted by Gasteiger charge is 2.06.